The SMILES string of the molecule is COc1ccc(CNc2nc3cc(N(C)c4ccnc(Nc5ccc(CCS(C)(=O)=O)cc5)n4)ccc3n2C)cc1. The third kappa shape index (κ3) is 6.93. The van der Waals surface area contributed by atoms with E-state index in [1.54, 1.807) is 13.3 Å². The number of nitrogens with zero attached hydrogens (tertiary/aromatic N) is 5. The molecule has 5 rings (SSSR count). The van der Waals surface area contributed by atoms with Crippen LogP contribution >= 0.6 is 0 Å². The highest BCUT2D eigenvalue weighted by Gasteiger charge is 2.13. The van der Waals surface area contributed by atoms with E-state index >= 15 is 0 Å². The van der Waals surface area contributed by atoms with Crippen molar-refractivity contribution in [3.05, 3.63) is 90.1 Å². The fourth-order valence-corrected chi connectivity index (χ4v) is 5.00. The molecular formula is C30H33N7O3S. The quantitative estimate of drug-likeness (QED) is 0.224. The van der Waals surface area contributed by atoms with Crippen molar-refractivity contribution in [1.82, 2.24) is 19.5 Å². The van der Waals surface area contributed by atoms with Gasteiger partial charge in [-0.2, -0.15) is 4.98 Å². The molecule has 0 aliphatic heterocycles. The number of sulfone groups is 1. The molecule has 2 heterocycles. The predicted molar refractivity (Wildman–Crippen MR) is 164 cm³/mol. The van der Waals surface area contributed by atoms with Crippen LogP contribution in [0, 0.1) is 0 Å². The van der Waals surface area contributed by atoms with E-state index < -0.39 is 9.84 Å². The lowest BCUT2D eigenvalue weighted by Crippen LogP contribution is -2.12. The maximum atomic E-state index is 11.4. The average molecular weight is 572 g/mol. The molecule has 0 spiro atoms. The van der Waals surface area contributed by atoms with Crippen LogP contribution in [0.15, 0.2) is 79.0 Å². The van der Waals surface area contributed by atoms with E-state index in [1.807, 2.05) is 90.3 Å². The molecule has 2 aromatic heterocycles. The van der Waals surface area contributed by atoms with E-state index in [0.717, 1.165) is 51.1 Å². The van der Waals surface area contributed by atoms with Crippen LogP contribution in [0.1, 0.15) is 11.1 Å². The molecule has 0 aliphatic rings. The minimum absolute atomic E-state index is 0.128. The summed E-state index contributed by atoms with van der Waals surface area (Å²) in [7, 11) is 2.61. The topological polar surface area (TPSA) is 114 Å². The van der Waals surface area contributed by atoms with Crippen molar-refractivity contribution in [2.24, 2.45) is 7.05 Å². The molecule has 3 aromatic carbocycles. The molecule has 212 valence electrons. The Kier molecular flexibility index (Phi) is 8.06. The number of hydrogen-bond acceptors (Lipinski definition) is 9. The molecule has 0 fully saturated rings. The highest BCUT2D eigenvalue weighted by molar-refractivity contribution is 7.90. The summed E-state index contributed by atoms with van der Waals surface area (Å²) in [5, 5.41) is 6.65. The van der Waals surface area contributed by atoms with Gasteiger partial charge in [0.25, 0.3) is 0 Å². The highest BCUT2D eigenvalue weighted by Crippen LogP contribution is 2.28. The largest absolute Gasteiger partial charge is 0.497 e. The van der Waals surface area contributed by atoms with Crippen molar-refractivity contribution >= 4 is 50.0 Å². The third-order valence-electron chi connectivity index (χ3n) is 6.82. The van der Waals surface area contributed by atoms with Crippen molar-refractivity contribution in [3.8, 4) is 5.75 Å². The summed E-state index contributed by atoms with van der Waals surface area (Å²) < 4.78 is 30.1. The molecule has 5 aromatic rings. The first-order chi connectivity index (χ1) is 19.7. The Balaban J connectivity index is 1.27. The Morgan fingerprint density at radius 1 is 0.951 bits per heavy atom. The maximum absolute atomic E-state index is 11.4. The van der Waals surface area contributed by atoms with E-state index in [4.69, 9.17) is 14.7 Å². The van der Waals surface area contributed by atoms with Gasteiger partial charge in [-0.25, -0.2) is 18.4 Å². The molecule has 0 aliphatic carbocycles. The summed E-state index contributed by atoms with van der Waals surface area (Å²) >= 11 is 0. The minimum Gasteiger partial charge on any atom is -0.497 e. The summed E-state index contributed by atoms with van der Waals surface area (Å²) in [6.07, 6.45) is 3.44. The second-order valence-electron chi connectivity index (χ2n) is 9.87. The van der Waals surface area contributed by atoms with Crippen LogP contribution in [-0.2, 0) is 29.9 Å². The van der Waals surface area contributed by atoms with Crippen LogP contribution in [0.5, 0.6) is 5.75 Å². The molecule has 0 bridgehead atoms. The summed E-state index contributed by atoms with van der Waals surface area (Å²) in [6.45, 7) is 0.647. The molecule has 0 radical (unpaired) electrons. The highest BCUT2D eigenvalue weighted by atomic mass is 32.2. The number of ether oxygens (including phenoxy) is 1. The van der Waals surface area contributed by atoms with Gasteiger partial charge in [-0.05, 0) is 66.1 Å². The number of nitrogens with one attached hydrogen (secondary N) is 2. The lowest BCUT2D eigenvalue weighted by molar-refractivity contribution is 0.414. The van der Waals surface area contributed by atoms with Crippen LogP contribution < -0.4 is 20.3 Å². The molecule has 2 N–H and O–H groups in total. The van der Waals surface area contributed by atoms with Gasteiger partial charge in [0.15, 0.2) is 0 Å². The van der Waals surface area contributed by atoms with Crippen molar-refractivity contribution < 1.29 is 13.2 Å². The normalized spacial score (nSPS) is 11.4. The van der Waals surface area contributed by atoms with Crippen LogP contribution in [0.4, 0.5) is 29.1 Å². The van der Waals surface area contributed by atoms with Gasteiger partial charge in [0, 0.05) is 44.5 Å². The van der Waals surface area contributed by atoms with E-state index in [2.05, 4.69) is 21.7 Å². The summed E-state index contributed by atoms with van der Waals surface area (Å²) in [5.74, 6) is 2.93. The first kappa shape index (κ1) is 27.9. The first-order valence-corrected chi connectivity index (χ1v) is 15.2. The molecule has 11 heteroatoms. The lowest BCUT2D eigenvalue weighted by atomic mass is 10.1. The number of methoxy groups -OCH3 is 1. The van der Waals surface area contributed by atoms with Crippen LogP contribution in [0.2, 0.25) is 0 Å². The van der Waals surface area contributed by atoms with Crippen LogP contribution in [0.3, 0.4) is 0 Å². The molecule has 0 amide bonds. The van der Waals surface area contributed by atoms with Crippen molar-refractivity contribution in [3.63, 3.8) is 0 Å². The van der Waals surface area contributed by atoms with Gasteiger partial charge < -0.3 is 24.8 Å². The van der Waals surface area contributed by atoms with Gasteiger partial charge in [0.1, 0.15) is 21.4 Å². The number of anilines is 5. The standard InChI is InChI=1S/C30H33N7O3S/c1-36(28-15-17-31-29(35-28)33-23-9-5-21(6-10-23)16-18-41(4,38)39)24-11-14-27-26(19-24)34-30(37(27)2)32-20-22-7-12-25(40-3)13-8-22/h5-15,17,19H,16,18,20H2,1-4H3,(H,32,34)(H,31,33,35). The second-order valence-corrected chi connectivity index (χ2v) is 12.1. The fourth-order valence-electron chi connectivity index (χ4n) is 4.40. The van der Waals surface area contributed by atoms with Gasteiger partial charge in [-0.3, -0.25) is 0 Å². The molecule has 10 nitrogen and oxygen atoms in total. The summed E-state index contributed by atoms with van der Waals surface area (Å²) in [5.41, 5.74) is 5.74. The molecule has 0 saturated carbocycles. The van der Waals surface area contributed by atoms with Gasteiger partial charge in [-0.1, -0.05) is 24.3 Å². The predicted octanol–water partition coefficient (Wildman–Crippen LogP) is 5.08. The second kappa shape index (κ2) is 11.8. The zero-order valence-corrected chi connectivity index (χ0v) is 24.3. The smallest absolute Gasteiger partial charge is 0.229 e. The van der Waals surface area contributed by atoms with Crippen LogP contribution in [-0.4, -0.2) is 54.1 Å². The molecule has 41 heavy (non-hydrogen) atoms. The zero-order valence-electron chi connectivity index (χ0n) is 23.5. The monoisotopic (exact) mass is 571 g/mol. The Morgan fingerprint density at radius 2 is 1.68 bits per heavy atom. The number of aryl methyl sites for hydroxylation is 2. The number of hydrogen-bond donors (Lipinski definition) is 2. The number of benzene rings is 3. The van der Waals surface area contributed by atoms with Gasteiger partial charge in [0.2, 0.25) is 11.9 Å². The summed E-state index contributed by atoms with van der Waals surface area (Å²) in [4.78, 5) is 15.9. The first-order valence-electron chi connectivity index (χ1n) is 13.1. The third-order valence-corrected chi connectivity index (χ3v) is 7.76. The van der Waals surface area contributed by atoms with Crippen LogP contribution in [0.25, 0.3) is 11.0 Å². The van der Waals surface area contributed by atoms with Crippen molar-refractivity contribution in [2.45, 2.75) is 13.0 Å². The molecular weight excluding hydrogens is 538 g/mol. The Hall–Kier alpha value is -4.64. The van der Waals surface area contributed by atoms with Gasteiger partial charge in [0.05, 0.1) is 23.9 Å². The molecule has 0 unspecified atom stereocenters. The summed E-state index contributed by atoms with van der Waals surface area (Å²) in [6, 6.07) is 23.6. The minimum atomic E-state index is -3.00. The van der Waals surface area contributed by atoms with E-state index in [9.17, 15) is 8.42 Å². The number of fused-ring (bicyclic) bond motifs is 1. The fraction of sp³-hybridized carbons (Fsp3) is 0.233. The Morgan fingerprint density at radius 3 is 2.39 bits per heavy atom. The zero-order chi connectivity index (χ0) is 29.0. The van der Waals surface area contributed by atoms with E-state index in [0.29, 0.717) is 18.9 Å². The molecule has 0 atom stereocenters. The van der Waals surface area contributed by atoms with Crippen molar-refractivity contribution in [1.29, 1.82) is 0 Å². The van der Waals surface area contributed by atoms with Gasteiger partial charge >= 0.3 is 0 Å². The number of aromatic nitrogens is 4. The van der Waals surface area contributed by atoms with E-state index in [1.165, 1.54) is 6.26 Å². The van der Waals surface area contributed by atoms with E-state index in [-0.39, 0.29) is 5.75 Å². The number of imidazole rings is 1. The Labute approximate surface area is 240 Å². The van der Waals surface area contributed by atoms with Crippen molar-refractivity contribution in [2.75, 3.05) is 41.7 Å². The average Bonchev–Trinajstić information content (AvgIpc) is 3.29. The molecule has 0 saturated heterocycles. The Bertz CT molecular complexity index is 1750. The van der Waals surface area contributed by atoms with Gasteiger partial charge in [-0.15, -0.1) is 0 Å². The lowest BCUT2D eigenvalue weighted by Gasteiger charge is -2.19. The number of rotatable bonds is 11. The maximum Gasteiger partial charge on any atom is 0.229 e.